The molecule has 0 fully saturated rings. The zero-order chi connectivity index (χ0) is 13.1. The number of nitrogens with zero attached hydrogens (tertiary/aromatic N) is 1. The van der Waals surface area contributed by atoms with E-state index in [0.717, 1.165) is 0 Å². The monoisotopic (exact) mass is 298 g/mol. The fourth-order valence-corrected chi connectivity index (χ4v) is 1.94. The van der Waals surface area contributed by atoms with Crippen LogP contribution in [-0.2, 0) is 0 Å². The van der Waals surface area contributed by atoms with E-state index in [1.54, 1.807) is 30.3 Å². The van der Waals surface area contributed by atoms with Crippen LogP contribution in [0.15, 0.2) is 36.5 Å². The lowest BCUT2D eigenvalue weighted by atomic mass is 10.3. The summed E-state index contributed by atoms with van der Waals surface area (Å²) in [4.78, 5) is 4.30. The van der Waals surface area contributed by atoms with Crippen LogP contribution in [0.5, 0.6) is 11.5 Å². The van der Waals surface area contributed by atoms with Gasteiger partial charge in [0, 0.05) is 10.0 Å². The predicted octanol–water partition coefficient (Wildman–Crippen LogP) is 3.81. The summed E-state index contributed by atoms with van der Waals surface area (Å²) in [6.07, 6.45) is 1.53. The molecule has 1 aromatic heterocycles. The van der Waals surface area contributed by atoms with E-state index in [9.17, 15) is 0 Å². The first kappa shape index (κ1) is 13.1. The third kappa shape index (κ3) is 3.32. The van der Waals surface area contributed by atoms with Gasteiger partial charge in [-0.05, 0) is 30.3 Å². The van der Waals surface area contributed by atoms with Crippen LogP contribution in [0, 0.1) is 0 Å². The van der Waals surface area contributed by atoms with Crippen LogP contribution in [-0.4, -0.2) is 9.97 Å². The third-order valence-electron chi connectivity index (χ3n) is 2.06. The maximum atomic E-state index is 5.87. The molecule has 6 heteroatoms. The second kappa shape index (κ2) is 5.52. The molecule has 1 heterocycles. The molecule has 0 aliphatic rings. The second-order valence-corrected chi connectivity index (χ2v) is 4.76. The minimum absolute atomic E-state index is 0.243. The lowest BCUT2D eigenvalue weighted by Gasteiger charge is -2.06. The molecule has 0 bridgehead atoms. The van der Waals surface area contributed by atoms with E-state index < -0.39 is 0 Å². The minimum Gasteiger partial charge on any atom is -0.456 e. The number of benzene rings is 1. The number of hydrogen-bond donors (Lipinski definition) is 1. The third-order valence-corrected chi connectivity index (χ3v) is 2.71. The van der Waals surface area contributed by atoms with Crippen molar-refractivity contribution in [2.75, 3.05) is 0 Å². The van der Waals surface area contributed by atoms with Crippen molar-refractivity contribution in [2.45, 2.75) is 0 Å². The maximum absolute atomic E-state index is 5.87. The van der Waals surface area contributed by atoms with Crippen LogP contribution in [0.4, 0.5) is 0 Å². The van der Waals surface area contributed by atoms with Crippen molar-refractivity contribution in [2.24, 2.45) is 5.73 Å². The summed E-state index contributed by atoms with van der Waals surface area (Å²) in [5.74, 6) is 1.09. The topological polar surface area (TPSA) is 48.1 Å². The Kier molecular flexibility index (Phi) is 4.01. The molecule has 0 amide bonds. The van der Waals surface area contributed by atoms with Crippen molar-refractivity contribution in [3.8, 4) is 11.5 Å². The molecule has 92 valence electrons. The highest BCUT2D eigenvalue weighted by atomic mass is 35.5. The molecule has 0 radical (unpaired) electrons. The number of aromatic nitrogens is 1. The molecule has 2 aromatic rings. The Balaban J connectivity index is 2.20. The molecule has 0 aliphatic carbocycles. The predicted molar refractivity (Wildman–Crippen MR) is 76.7 cm³/mol. The maximum Gasteiger partial charge on any atom is 0.145 e. The summed E-state index contributed by atoms with van der Waals surface area (Å²) in [6.45, 7) is 0. The van der Waals surface area contributed by atoms with Gasteiger partial charge in [-0.15, -0.1) is 0 Å². The highest BCUT2D eigenvalue weighted by Crippen LogP contribution is 2.27. The van der Waals surface area contributed by atoms with Gasteiger partial charge < -0.3 is 10.5 Å². The van der Waals surface area contributed by atoms with Gasteiger partial charge in [-0.3, -0.25) is 0 Å². The molecule has 2 N–H and O–H groups in total. The van der Waals surface area contributed by atoms with Gasteiger partial charge in [0.15, 0.2) is 0 Å². The molecule has 0 saturated heterocycles. The summed E-state index contributed by atoms with van der Waals surface area (Å²) in [7, 11) is 0. The molecule has 3 nitrogen and oxygen atoms in total. The smallest absolute Gasteiger partial charge is 0.145 e. The van der Waals surface area contributed by atoms with Gasteiger partial charge in [0.2, 0.25) is 0 Å². The number of nitrogens with two attached hydrogens (primary N) is 1. The van der Waals surface area contributed by atoms with Crippen LogP contribution in [0.1, 0.15) is 5.69 Å². The molecular weight excluding hydrogens is 291 g/mol. The fourth-order valence-electron chi connectivity index (χ4n) is 1.31. The molecule has 0 saturated carbocycles. The number of thiocarbonyl (C=S) groups is 1. The van der Waals surface area contributed by atoms with Crippen LogP contribution in [0.3, 0.4) is 0 Å². The number of halogens is 2. The van der Waals surface area contributed by atoms with Gasteiger partial charge in [-0.2, -0.15) is 0 Å². The minimum atomic E-state index is 0.243. The van der Waals surface area contributed by atoms with Crippen LogP contribution in [0.25, 0.3) is 0 Å². The first-order valence-corrected chi connectivity index (χ1v) is 6.11. The lowest BCUT2D eigenvalue weighted by molar-refractivity contribution is 0.480. The van der Waals surface area contributed by atoms with Crippen molar-refractivity contribution >= 4 is 40.4 Å². The van der Waals surface area contributed by atoms with E-state index in [2.05, 4.69) is 4.98 Å². The van der Waals surface area contributed by atoms with E-state index >= 15 is 0 Å². The zero-order valence-corrected chi connectivity index (χ0v) is 11.4. The van der Waals surface area contributed by atoms with Crippen molar-refractivity contribution in [3.63, 3.8) is 0 Å². The highest BCUT2D eigenvalue weighted by molar-refractivity contribution is 7.80. The van der Waals surface area contributed by atoms with Gasteiger partial charge in [0.25, 0.3) is 0 Å². The quantitative estimate of drug-likeness (QED) is 0.875. The Hall–Kier alpha value is -1.36. The van der Waals surface area contributed by atoms with Gasteiger partial charge in [0.05, 0.1) is 11.9 Å². The molecule has 0 unspecified atom stereocenters. The van der Waals surface area contributed by atoms with Crippen molar-refractivity contribution in [1.82, 2.24) is 4.98 Å². The molecule has 0 aliphatic heterocycles. The molecule has 1 aromatic carbocycles. The van der Waals surface area contributed by atoms with Gasteiger partial charge in [0.1, 0.15) is 16.5 Å². The number of rotatable bonds is 3. The van der Waals surface area contributed by atoms with E-state index in [0.29, 0.717) is 27.2 Å². The number of hydrogen-bond acceptors (Lipinski definition) is 3. The molecule has 2 rings (SSSR count). The average Bonchev–Trinajstić information content (AvgIpc) is 2.28. The average molecular weight is 299 g/mol. The Bertz CT molecular complexity index is 567. The van der Waals surface area contributed by atoms with E-state index in [1.165, 1.54) is 6.20 Å². The summed E-state index contributed by atoms with van der Waals surface area (Å²) in [6, 6.07) is 8.36. The highest BCUT2D eigenvalue weighted by Gasteiger charge is 2.03. The summed E-state index contributed by atoms with van der Waals surface area (Å²) in [5.41, 5.74) is 5.99. The van der Waals surface area contributed by atoms with Crippen LogP contribution >= 0.6 is 35.4 Å². The standard InChI is InChI=1S/C12H8Cl2N2OS/c13-7-3-8(14)5-10(4-7)17-9-1-2-11(12(15)18)16-6-9/h1-6H,(H2,15,18). The Morgan fingerprint density at radius 2 is 1.78 bits per heavy atom. The van der Waals surface area contributed by atoms with Gasteiger partial charge in [-0.1, -0.05) is 35.4 Å². The van der Waals surface area contributed by atoms with Crippen molar-refractivity contribution < 1.29 is 4.74 Å². The zero-order valence-electron chi connectivity index (χ0n) is 9.06. The van der Waals surface area contributed by atoms with Crippen LogP contribution < -0.4 is 10.5 Å². The summed E-state index contributed by atoms with van der Waals surface area (Å²) >= 11 is 16.5. The van der Waals surface area contributed by atoms with Gasteiger partial charge >= 0.3 is 0 Å². The van der Waals surface area contributed by atoms with Crippen LogP contribution in [0.2, 0.25) is 10.0 Å². The number of pyridine rings is 1. The lowest BCUT2D eigenvalue weighted by Crippen LogP contribution is -2.10. The second-order valence-electron chi connectivity index (χ2n) is 3.45. The molecular formula is C12H8Cl2N2OS. The SMILES string of the molecule is NC(=S)c1ccc(Oc2cc(Cl)cc(Cl)c2)cn1. The normalized spacial score (nSPS) is 10.1. The molecule has 0 atom stereocenters. The van der Waals surface area contributed by atoms with Crippen molar-refractivity contribution in [3.05, 3.63) is 52.3 Å². The van der Waals surface area contributed by atoms with E-state index in [-0.39, 0.29) is 4.99 Å². The van der Waals surface area contributed by atoms with E-state index in [4.69, 9.17) is 45.9 Å². The fraction of sp³-hybridized carbons (Fsp3) is 0. The largest absolute Gasteiger partial charge is 0.456 e. The first-order chi connectivity index (χ1) is 8.54. The Morgan fingerprint density at radius 3 is 2.28 bits per heavy atom. The summed E-state index contributed by atoms with van der Waals surface area (Å²) in [5, 5.41) is 1.01. The first-order valence-electron chi connectivity index (χ1n) is 4.94. The van der Waals surface area contributed by atoms with Crippen molar-refractivity contribution in [1.29, 1.82) is 0 Å². The van der Waals surface area contributed by atoms with E-state index in [1.807, 2.05) is 0 Å². The van der Waals surface area contributed by atoms with Gasteiger partial charge in [-0.25, -0.2) is 4.98 Å². The number of ether oxygens (including phenoxy) is 1. The Morgan fingerprint density at radius 1 is 1.11 bits per heavy atom. The summed E-state index contributed by atoms with van der Waals surface area (Å²) < 4.78 is 5.56. The molecule has 18 heavy (non-hydrogen) atoms. The molecule has 0 spiro atoms. The Labute approximate surface area is 119 Å².